The maximum Gasteiger partial charge on any atom is 0.300 e. The monoisotopic (exact) mass is 212 g/mol. The summed E-state index contributed by atoms with van der Waals surface area (Å²) >= 11 is 0. The van der Waals surface area contributed by atoms with Crippen molar-refractivity contribution in [2.45, 2.75) is 45.1 Å². The maximum atomic E-state index is 9.83. The van der Waals surface area contributed by atoms with Crippen molar-refractivity contribution in [3.8, 4) is 0 Å². The average molecular weight is 212 g/mol. The summed E-state index contributed by atoms with van der Waals surface area (Å²) in [5.41, 5.74) is 0. The van der Waals surface area contributed by atoms with Gasteiger partial charge >= 0.3 is 0 Å². The first kappa shape index (κ1) is 10.9. The lowest BCUT2D eigenvalue weighted by Gasteiger charge is -2.52. The van der Waals surface area contributed by atoms with E-state index in [9.17, 15) is 5.11 Å². The number of aliphatic carboxylic acids is 1. The highest BCUT2D eigenvalue weighted by Gasteiger charge is 2.47. The molecule has 0 atom stereocenters. The Hall–Kier alpha value is -0.570. The molecule has 3 nitrogen and oxygen atoms in total. The molecule has 2 N–H and O–H groups in total. The third kappa shape index (κ3) is 2.33. The number of rotatable bonds is 0. The second-order valence-electron chi connectivity index (χ2n) is 5.44. The Morgan fingerprint density at radius 1 is 1.00 bits per heavy atom. The van der Waals surface area contributed by atoms with Gasteiger partial charge in [-0.15, -0.1) is 0 Å². The van der Waals surface area contributed by atoms with Crippen molar-refractivity contribution in [3.05, 3.63) is 0 Å². The topological polar surface area (TPSA) is 57.5 Å². The van der Waals surface area contributed by atoms with Crippen LogP contribution in [-0.4, -0.2) is 22.3 Å². The fraction of sp³-hybridized carbons (Fsp3) is 0.917. The highest BCUT2D eigenvalue weighted by atomic mass is 16.4. The largest absolute Gasteiger partial charge is 0.481 e. The van der Waals surface area contributed by atoms with Gasteiger partial charge in [0, 0.05) is 6.92 Å². The number of hydrogen-bond acceptors (Lipinski definition) is 2. The fourth-order valence-electron chi connectivity index (χ4n) is 3.90. The zero-order valence-corrected chi connectivity index (χ0v) is 9.22. The summed E-state index contributed by atoms with van der Waals surface area (Å²) in [6.45, 7) is 1.08. The molecule has 4 aliphatic carbocycles. The molecule has 0 heterocycles. The molecule has 0 aliphatic heterocycles. The van der Waals surface area contributed by atoms with E-state index in [0.717, 1.165) is 18.8 Å². The predicted molar refractivity (Wildman–Crippen MR) is 56.4 cm³/mol. The fourth-order valence-corrected chi connectivity index (χ4v) is 3.90. The van der Waals surface area contributed by atoms with Crippen LogP contribution in [0, 0.1) is 23.7 Å². The Kier molecular flexibility index (Phi) is 3.01. The highest BCUT2D eigenvalue weighted by molar-refractivity contribution is 5.62. The molecule has 4 aliphatic rings. The zero-order chi connectivity index (χ0) is 11.0. The minimum absolute atomic E-state index is 0.0859. The van der Waals surface area contributed by atoms with E-state index in [1.165, 1.54) is 32.1 Å². The second-order valence-corrected chi connectivity index (χ2v) is 5.44. The summed E-state index contributed by atoms with van der Waals surface area (Å²) in [6, 6.07) is 0. The van der Waals surface area contributed by atoms with Crippen LogP contribution in [0.1, 0.15) is 39.0 Å². The zero-order valence-electron chi connectivity index (χ0n) is 9.22. The third-order valence-electron chi connectivity index (χ3n) is 4.18. The summed E-state index contributed by atoms with van der Waals surface area (Å²) in [5, 5.41) is 17.2. The van der Waals surface area contributed by atoms with E-state index >= 15 is 0 Å². The number of carboxylic acids is 1. The Morgan fingerprint density at radius 2 is 1.33 bits per heavy atom. The molecule has 0 saturated heterocycles. The van der Waals surface area contributed by atoms with Gasteiger partial charge < -0.3 is 10.2 Å². The molecular formula is C12H20O3. The molecule has 4 fully saturated rings. The van der Waals surface area contributed by atoms with E-state index in [1.54, 1.807) is 0 Å². The van der Waals surface area contributed by atoms with Crippen LogP contribution in [-0.2, 0) is 4.79 Å². The van der Waals surface area contributed by atoms with Gasteiger partial charge in [0.15, 0.2) is 0 Å². The van der Waals surface area contributed by atoms with Crippen molar-refractivity contribution in [2.24, 2.45) is 23.7 Å². The molecule has 3 heteroatoms. The minimum atomic E-state index is -0.833. The van der Waals surface area contributed by atoms with E-state index in [1.807, 2.05) is 0 Å². The minimum Gasteiger partial charge on any atom is -0.481 e. The van der Waals surface area contributed by atoms with Crippen LogP contribution in [0.25, 0.3) is 0 Å². The molecule has 0 amide bonds. The number of aliphatic hydroxyl groups is 1. The van der Waals surface area contributed by atoms with Crippen LogP contribution in [0.5, 0.6) is 0 Å². The van der Waals surface area contributed by atoms with E-state index in [0.29, 0.717) is 11.8 Å². The van der Waals surface area contributed by atoms with Crippen LogP contribution < -0.4 is 0 Å². The van der Waals surface area contributed by atoms with E-state index in [2.05, 4.69) is 0 Å². The summed E-state index contributed by atoms with van der Waals surface area (Å²) in [7, 11) is 0. The molecule has 0 aromatic rings. The van der Waals surface area contributed by atoms with E-state index < -0.39 is 5.97 Å². The predicted octanol–water partition coefficient (Wildman–Crippen LogP) is 1.89. The molecule has 4 saturated carbocycles. The Labute approximate surface area is 90.5 Å². The van der Waals surface area contributed by atoms with Gasteiger partial charge in [-0.25, -0.2) is 0 Å². The summed E-state index contributed by atoms with van der Waals surface area (Å²) in [4.78, 5) is 9.00. The molecule has 0 aromatic carbocycles. The van der Waals surface area contributed by atoms with Crippen molar-refractivity contribution in [2.75, 3.05) is 0 Å². The normalized spacial score (nSPS) is 45.9. The summed E-state index contributed by atoms with van der Waals surface area (Å²) in [6.07, 6.45) is 6.94. The maximum absolute atomic E-state index is 9.83. The van der Waals surface area contributed by atoms with Gasteiger partial charge in [0.1, 0.15) is 0 Å². The molecule has 15 heavy (non-hydrogen) atoms. The van der Waals surface area contributed by atoms with Crippen LogP contribution in [0.2, 0.25) is 0 Å². The molecular weight excluding hydrogens is 192 g/mol. The first-order chi connectivity index (χ1) is 7.06. The van der Waals surface area contributed by atoms with Crippen molar-refractivity contribution in [1.82, 2.24) is 0 Å². The average Bonchev–Trinajstić information content (AvgIpc) is 2.11. The first-order valence-electron chi connectivity index (χ1n) is 5.94. The quantitative estimate of drug-likeness (QED) is 0.644. The lowest BCUT2D eigenvalue weighted by molar-refractivity contribution is -0.134. The van der Waals surface area contributed by atoms with E-state index in [-0.39, 0.29) is 6.10 Å². The van der Waals surface area contributed by atoms with Crippen molar-refractivity contribution >= 4 is 5.97 Å². The van der Waals surface area contributed by atoms with Gasteiger partial charge in [-0.3, -0.25) is 4.79 Å². The van der Waals surface area contributed by atoms with Crippen molar-refractivity contribution in [3.63, 3.8) is 0 Å². The van der Waals surface area contributed by atoms with Gasteiger partial charge in [0.2, 0.25) is 0 Å². The molecule has 0 unspecified atom stereocenters. The molecule has 0 spiro atoms. The lowest BCUT2D eigenvalue weighted by atomic mass is 9.55. The Balaban J connectivity index is 0.000000188. The molecule has 4 bridgehead atoms. The number of carboxylic acid groups (broad SMARTS) is 1. The molecule has 4 rings (SSSR count). The summed E-state index contributed by atoms with van der Waals surface area (Å²) in [5.74, 6) is 2.57. The standard InChI is InChI=1S/C10H16O.C2H4O2/c11-10-8-2-6-1-7(4-8)5-9(10)3-6;1-2(3)4/h6-11H,1-5H2;1H3,(H,3,4). The van der Waals surface area contributed by atoms with Crippen molar-refractivity contribution in [1.29, 1.82) is 0 Å². The highest BCUT2D eigenvalue weighted by Crippen LogP contribution is 2.53. The number of carbonyl (C=O) groups is 1. The Morgan fingerprint density at radius 3 is 1.67 bits per heavy atom. The number of aliphatic hydroxyl groups excluding tert-OH is 1. The first-order valence-corrected chi connectivity index (χ1v) is 5.94. The van der Waals surface area contributed by atoms with Gasteiger partial charge in [0.25, 0.3) is 5.97 Å². The third-order valence-corrected chi connectivity index (χ3v) is 4.18. The summed E-state index contributed by atoms with van der Waals surface area (Å²) < 4.78 is 0. The molecule has 0 aromatic heterocycles. The Bertz CT molecular complexity index is 217. The van der Waals surface area contributed by atoms with Crippen LogP contribution in [0.3, 0.4) is 0 Å². The molecule has 86 valence electrons. The molecule has 0 radical (unpaired) electrons. The van der Waals surface area contributed by atoms with Gasteiger partial charge in [-0.05, 0) is 55.8 Å². The van der Waals surface area contributed by atoms with Crippen LogP contribution in [0.15, 0.2) is 0 Å². The number of hydrogen-bond donors (Lipinski definition) is 2. The van der Waals surface area contributed by atoms with Crippen molar-refractivity contribution < 1.29 is 15.0 Å². The smallest absolute Gasteiger partial charge is 0.300 e. The SMILES string of the molecule is CC(=O)O.OC1C2CC3CC(C2)CC1C3. The van der Waals surface area contributed by atoms with Gasteiger partial charge in [-0.1, -0.05) is 0 Å². The lowest BCUT2D eigenvalue weighted by Crippen LogP contribution is -2.48. The second kappa shape index (κ2) is 4.12. The van der Waals surface area contributed by atoms with Crippen LogP contribution in [0.4, 0.5) is 0 Å². The van der Waals surface area contributed by atoms with E-state index in [4.69, 9.17) is 9.90 Å². The van der Waals surface area contributed by atoms with Gasteiger partial charge in [0.05, 0.1) is 6.10 Å². The van der Waals surface area contributed by atoms with Crippen LogP contribution >= 0.6 is 0 Å². The van der Waals surface area contributed by atoms with Gasteiger partial charge in [-0.2, -0.15) is 0 Å².